The second kappa shape index (κ2) is 12.3. The van der Waals surface area contributed by atoms with Crippen LogP contribution >= 0.6 is 23.2 Å². The minimum atomic E-state index is -3.20. The number of nitriles is 1. The first kappa shape index (κ1) is 30.0. The zero-order valence-corrected chi connectivity index (χ0v) is 24.4. The fourth-order valence-corrected chi connectivity index (χ4v) is 4.81. The molecule has 2 heterocycles. The largest absolute Gasteiger partial charge is 0.453 e. The minimum absolute atomic E-state index is 0.00907. The van der Waals surface area contributed by atoms with Crippen molar-refractivity contribution < 1.29 is 26.8 Å². The van der Waals surface area contributed by atoms with E-state index in [9.17, 15) is 13.2 Å². The van der Waals surface area contributed by atoms with Crippen LogP contribution in [0.15, 0.2) is 34.7 Å². The number of benzene rings is 2. The van der Waals surface area contributed by atoms with E-state index in [0.717, 1.165) is 6.26 Å². The molecule has 4 aromatic rings. The van der Waals surface area contributed by atoms with Gasteiger partial charge >= 0.3 is 0 Å². The lowest BCUT2D eigenvalue weighted by Crippen LogP contribution is -2.32. The Labute approximate surface area is 244 Å². The van der Waals surface area contributed by atoms with Crippen molar-refractivity contribution in [2.24, 2.45) is 0 Å². The molecule has 15 heteroatoms. The molecule has 4 rings (SSSR count). The third-order valence-corrected chi connectivity index (χ3v) is 7.30. The second-order valence-corrected chi connectivity index (χ2v) is 12.2. The second-order valence-electron chi connectivity index (χ2n) is 9.10. The summed E-state index contributed by atoms with van der Waals surface area (Å²) in [4.78, 5) is 12.3. The molecule has 2 aromatic carbocycles. The highest BCUT2D eigenvalue weighted by Gasteiger charge is 2.22. The molecule has 0 aliphatic heterocycles. The molecule has 11 nitrogen and oxygen atoms in total. The Hall–Kier alpha value is -3.99. The van der Waals surface area contributed by atoms with Gasteiger partial charge in [0, 0.05) is 29.1 Å². The molecule has 0 saturated carbocycles. The van der Waals surface area contributed by atoms with Crippen molar-refractivity contribution in [1.29, 1.82) is 5.26 Å². The molecule has 41 heavy (non-hydrogen) atoms. The number of hydrogen-bond donors (Lipinski definition) is 1. The molecule has 0 aliphatic carbocycles. The van der Waals surface area contributed by atoms with Crippen molar-refractivity contribution in [2.45, 2.75) is 26.8 Å². The summed E-state index contributed by atoms with van der Waals surface area (Å²) in [6.07, 6.45) is 1.01. The normalized spacial score (nSPS) is 11.3. The quantitative estimate of drug-likeness (QED) is 0.271. The van der Waals surface area contributed by atoms with Gasteiger partial charge in [0.05, 0.1) is 40.1 Å². The van der Waals surface area contributed by atoms with E-state index in [1.165, 1.54) is 35.0 Å². The Morgan fingerprint density at radius 2 is 1.98 bits per heavy atom. The van der Waals surface area contributed by atoms with E-state index >= 15 is 4.39 Å². The molecule has 0 spiro atoms. The van der Waals surface area contributed by atoms with Crippen molar-refractivity contribution in [3.05, 3.63) is 74.6 Å². The average molecular weight is 621 g/mol. The lowest BCUT2D eigenvalue weighted by atomic mass is 10.1. The maximum atomic E-state index is 15.4. The first-order chi connectivity index (χ1) is 19.3. The molecule has 0 atom stereocenters. The molecule has 0 radical (unpaired) electrons. The molecule has 1 N–H and O–H groups in total. The topological polar surface area (TPSA) is 153 Å². The average Bonchev–Trinajstić information content (AvgIpc) is 3.45. The third kappa shape index (κ3) is 7.40. The monoisotopic (exact) mass is 620 g/mol. The molecule has 0 saturated heterocycles. The minimum Gasteiger partial charge on any atom is -0.453 e. The molecule has 0 aliphatic rings. The van der Waals surface area contributed by atoms with E-state index in [4.69, 9.17) is 37.6 Å². The standard InChI is InChI=1S/C26H23Cl2FN6O5S/c1-14-23(15(2)35(34-14)13-21(36)31-6-7-41(3,37)38)26-33-32-22(40-26)10-17-4-5-20(28)25(24(17)29)39-19-9-16(12-30)8-18(27)11-19/h4-5,8-9,11H,6-7,10,13H2,1-3H3,(H,31,36). The van der Waals surface area contributed by atoms with Crippen LogP contribution in [0.4, 0.5) is 4.39 Å². The van der Waals surface area contributed by atoms with Crippen LogP contribution in [-0.4, -0.2) is 52.9 Å². The van der Waals surface area contributed by atoms with Gasteiger partial charge in [-0.15, -0.1) is 10.2 Å². The molecular weight excluding hydrogens is 598 g/mol. The summed E-state index contributed by atoms with van der Waals surface area (Å²) >= 11 is 12.2. The van der Waals surface area contributed by atoms with Gasteiger partial charge in [-0.3, -0.25) is 9.48 Å². The third-order valence-electron chi connectivity index (χ3n) is 5.84. The zero-order chi connectivity index (χ0) is 29.9. The summed E-state index contributed by atoms with van der Waals surface area (Å²) in [7, 11) is -3.20. The zero-order valence-electron chi connectivity index (χ0n) is 22.0. The number of aromatic nitrogens is 4. The van der Waals surface area contributed by atoms with Crippen molar-refractivity contribution in [3.63, 3.8) is 0 Å². The van der Waals surface area contributed by atoms with E-state index in [-0.39, 0.29) is 69.7 Å². The Morgan fingerprint density at radius 1 is 1.22 bits per heavy atom. The molecule has 0 unspecified atom stereocenters. The van der Waals surface area contributed by atoms with Gasteiger partial charge in [0.2, 0.25) is 11.8 Å². The number of nitrogens with one attached hydrogen (secondary N) is 1. The summed E-state index contributed by atoms with van der Waals surface area (Å²) < 4.78 is 50.9. The lowest BCUT2D eigenvalue weighted by Gasteiger charge is -2.11. The van der Waals surface area contributed by atoms with Gasteiger partial charge in [-0.1, -0.05) is 29.3 Å². The fraction of sp³-hybridized carbons (Fsp3) is 0.269. The SMILES string of the molecule is Cc1nn(CC(=O)NCCS(C)(=O)=O)c(C)c1-c1nnc(Cc2ccc(Cl)c(Oc3cc(Cl)cc(C#N)c3)c2F)o1. The Kier molecular flexibility index (Phi) is 8.96. The number of halogens is 3. The first-order valence-electron chi connectivity index (χ1n) is 12.0. The van der Waals surface area contributed by atoms with E-state index in [2.05, 4.69) is 20.6 Å². The summed E-state index contributed by atoms with van der Waals surface area (Å²) in [6.45, 7) is 3.28. The van der Waals surface area contributed by atoms with Crippen LogP contribution in [0.3, 0.4) is 0 Å². The van der Waals surface area contributed by atoms with Gasteiger partial charge in [-0.2, -0.15) is 10.4 Å². The number of nitrogens with zero attached hydrogens (tertiary/aromatic N) is 5. The van der Waals surface area contributed by atoms with E-state index < -0.39 is 21.6 Å². The van der Waals surface area contributed by atoms with Gasteiger partial charge in [0.1, 0.15) is 22.1 Å². The van der Waals surface area contributed by atoms with Crippen LogP contribution in [0.1, 0.15) is 28.4 Å². The number of hydrogen-bond acceptors (Lipinski definition) is 9. The summed E-state index contributed by atoms with van der Waals surface area (Å²) in [5, 5.41) is 24.4. The number of carbonyl (C=O) groups excluding carboxylic acids is 1. The van der Waals surface area contributed by atoms with Crippen molar-refractivity contribution in [3.8, 4) is 29.0 Å². The number of ether oxygens (including phenoxy) is 1. The van der Waals surface area contributed by atoms with E-state index in [1.54, 1.807) is 13.8 Å². The lowest BCUT2D eigenvalue weighted by molar-refractivity contribution is -0.121. The Morgan fingerprint density at radius 3 is 2.68 bits per heavy atom. The summed E-state index contributed by atoms with van der Waals surface area (Å²) in [5.41, 5.74) is 2.01. The van der Waals surface area contributed by atoms with Crippen LogP contribution in [0, 0.1) is 31.0 Å². The van der Waals surface area contributed by atoms with Gasteiger partial charge in [-0.05, 0) is 38.1 Å². The van der Waals surface area contributed by atoms with Crippen LogP contribution in [0.5, 0.6) is 11.5 Å². The van der Waals surface area contributed by atoms with Crippen molar-refractivity contribution in [1.82, 2.24) is 25.3 Å². The smallest absolute Gasteiger partial charge is 0.251 e. The van der Waals surface area contributed by atoms with Crippen LogP contribution in [-0.2, 0) is 27.6 Å². The number of amides is 1. The van der Waals surface area contributed by atoms with Gasteiger partial charge in [-0.25, -0.2) is 12.8 Å². The molecular formula is C26H23Cl2FN6O5S. The molecule has 0 bridgehead atoms. The number of sulfone groups is 1. The summed E-state index contributed by atoms with van der Waals surface area (Å²) in [5.74, 6) is -1.21. The highest BCUT2D eigenvalue weighted by molar-refractivity contribution is 7.90. The predicted octanol–water partition coefficient (Wildman–Crippen LogP) is 4.41. The Bertz CT molecular complexity index is 1780. The molecule has 1 amide bonds. The first-order valence-corrected chi connectivity index (χ1v) is 14.8. The molecule has 0 fully saturated rings. The van der Waals surface area contributed by atoms with Gasteiger partial charge in [0.15, 0.2) is 11.6 Å². The van der Waals surface area contributed by atoms with Gasteiger partial charge in [0.25, 0.3) is 5.89 Å². The van der Waals surface area contributed by atoms with Crippen molar-refractivity contribution in [2.75, 3.05) is 18.6 Å². The summed E-state index contributed by atoms with van der Waals surface area (Å²) in [6, 6.07) is 9.15. The van der Waals surface area contributed by atoms with Gasteiger partial charge < -0.3 is 14.5 Å². The van der Waals surface area contributed by atoms with Crippen LogP contribution in [0.25, 0.3) is 11.5 Å². The predicted molar refractivity (Wildman–Crippen MR) is 148 cm³/mol. The maximum Gasteiger partial charge on any atom is 0.251 e. The Balaban J connectivity index is 1.51. The number of aryl methyl sites for hydroxylation is 1. The number of rotatable bonds is 10. The van der Waals surface area contributed by atoms with Crippen LogP contribution in [0.2, 0.25) is 10.0 Å². The molecule has 2 aromatic heterocycles. The highest BCUT2D eigenvalue weighted by Crippen LogP contribution is 2.36. The molecule has 214 valence electrons. The van der Waals surface area contributed by atoms with E-state index in [1.807, 2.05) is 6.07 Å². The number of carbonyl (C=O) groups is 1. The van der Waals surface area contributed by atoms with Crippen LogP contribution < -0.4 is 10.1 Å². The van der Waals surface area contributed by atoms with E-state index in [0.29, 0.717) is 17.0 Å². The highest BCUT2D eigenvalue weighted by atomic mass is 35.5. The fourth-order valence-electron chi connectivity index (χ4n) is 3.92. The maximum absolute atomic E-state index is 15.4. The van der Waals surface area contributed by atoms with Crippen molar-refractivity contribution >= 4 is 38.9 Å².